The Hall–Kier alpha value is -2.22. The van der Waals surface area contributed by atoms with Crippen molar-refractivity contribution in [3.63, 3.8) is 0 Å². The van der Waals surface area contributed by atoms with Crippen LogP contribution in [-0.2, 0) is 6.54 Å². The Labute approximate surface area is 107 Å². The van der Waals surface area contributed by atoms with Gasteiger partial charge in [-0.15, -0.1) is 0 Å². The summed E-state index contributed by atoms with van der Waals surface area (Å²) >= 11 is 0. The van der Waals surface area contributed by atoms with E-state index in [0.717, 1.165) is 17.8 Å². The highest BCUT2D eigenvalue weighted by atomic mass is 15.0. The quantitative estimate of drug-likeness (QED) is 0.677. The molecule has 0 aliphatic heterocycles. The molecule has 3 aromatic rings. The minimum Gasteiger partial charge on any atom is -0.398 e. The lowest BCUT2D eigenvalue weighted by Gasteiger charge is -2.08. The van der Waals surface area contributed by atoms with Crippen molar-refractivity contribution in [1.82, 2.24) is 4.57 Å². The molecule has 0 aliphatic carbocycles. The molecule has 90 valence electrons. The van der Waals surface area contributed by atoms with Gasteiger partial charge in [-0.25, -0.2) is 0 Å². The fourth-order valence-electron chi connectivity index (χ4n) is 2.38. The summed E-state index contributed by atoms with van der Waals surface area (Å²) in [5, 5.41) is 1.31. The van der Waals surface area contributed by atoms with Crippen molar-refractivity contribution in [1.29, 1.82) is 0 Å². The monoisotopic (exact) mass is 236 g/mol. The van der Waals surface area contributed by atoms with Crippen molar-refractivity contribution in [2.24, 2.45) is 0 Å². The Morgan fingerprint density at radius 3 is 2.67 bits per heavy atom. The van der Waals surface area contributed by atoms with Gasteiger partial charge in [0.25, 0.3) is 0 Å². The number of benzene rings is 2. The van der Waals surface area contributed by atoms with Crippen LogP contribution in [0.3, 0.4) is 0 Å². The van der Waals surface area contributed by atoms with Crippen LogP contribution in [0.25, 0.3) is 10.9 Å². The summed E-state index contributed by atoms with van der Waals surface area (Å²) < 4.78 is 2.24. The molecule has 0 spiro atoms. The number of aromatic nitrogens is 1. The van der Waals surface area contributed by atoms with Gasteiger partial charge in [-0.1, -0.05) is 30.3 Å². The van der Waals surface area contributed by atoms with Crippen LogP contribution in [0.5, 0.6) is 0 Å². The molecule has 3 rings (SSSR count). The van der Waals surface area contributed by atoms with Gasteiger partial charge in [-0.05, 0) is 36.2 Å². The van der Waals surface area contributed by atoms with Gasteiger partial charge in [0.05, 0.1) is 0 Å². The van der Waals surface area contributed by atoms with Gasteiger partial charge in [0.2, 0.25) is 0 Å². The lowest BCUT2D eigenvalue weighted by Crippen LogP contribution is -2.01. The van der Waals surface area contributed by atoms with E-state index in [9.17, 15) is 0 Å². The lowest BCUT2D eigenvalue weighted by atomic mass is 10.1. The predicted octanol–water partition coefficient (Wildman–Crippen LogP) is 3.58. The first-order valence-electron chi connectivity index (χ1n) is 6.13. The minimum atomic E-state index is 0.819. The van der Waals surface area contributed by atoms with Crippen LogP contribution in [0.4, 0.5) is 5.69 Å². The number of nitrogens with two attached hydrogens (primary N) is 1. The highest BCUT2D eigenvalue weighted by Gasteiger charge is 2.04. The van der Waals surface area contributed by atoms with E-state index in [2.05, 4.69) is 48.0 Å². The van der Waals surface area contributed by atoms with Gasteiger partial charge in [0.1, 0.15) is 0 Å². The molecule has 0 atom stereocenters. The summed E-state index contributed by atoms with van der Waals surface area (Å²) in [5.74, 6) is 0. The molecule has 1 heterocycles. The van der Waals surface area contributed by atoms with Crippen LogP contribution < -0.4 is 5.73 Å². The molecule has 2 nitrogen and oxygen atoms in total. The molecule has 0 saturated carbocycles. The predicted molar refractivity (Wildman–Crippen MR) is 76.6 cm³/mol. The first kappa shape index (κ1) is 10.9. The second-order valence-electron chi connectivity index (χ2n) is 4.65. The first-order valence-corrected chi connectivity index (χ1v) is 6.13. The third kappa shape index (κ3) is 1.76. The number of rotatable bonds is 2. The molecule has 0 aliphatic rings. The Kier molecular flexibility index (Phi) is 2.56. The van der Waals surface area contributed by atoms with Gasteiger partial charge in [-0.2, -0.15) is 0 Å². The zero-order chi connectivity index (χ0) is 12.5. The van der Waals surface area contributed by atoms with Crippen LogP contribution in [0, 0.1) is 6.92 Å². The Morgan fingerprint density at radius 2 is 1.83 bits per heavy atom. The fraction of sp³-hybridized carbons (Fsp3) is 0.125. The summed E-state index contributed by atoms with van der Waals surface area (Å²) in [6.07, 6.45) is 2.13. The molecular weight excluding hydrogens is 220 g/mol. The summed E-state index contributed by atoms with van der Waals surface area (Å²) in [4.78, 5) is 0. The molecule has 18 heavy (non-hydrogen) atoms. The van der Waals surface area contributed by atoms with Crippen LogP contribution in [0.2, 0.25) is 0 Å². The van der Waals surface area contributed by atoms with E-state index in [1.54, 1.807) is 0 Å². The van der Waals surface area contributed by atoms with E-state index in [0.29, 0.717) is 0 Å². The number of hydrogen-bond acceptors (Lipinski definition) is 1. The summed E-state index contributed by atoms with van der Waals surface area (Å²) in [5.41, 5.74) is 10.6. The number of hydrogen-bond donors (Lipinski definition) is 1. The van der Waals surface area contributed by atoms with Crippen LogP contribution in [0.1, 0.15) is 11.1 Å². The second-order valence-corrected chi connectivity index (χ2v) is 4.65. The maximum absolute atomic E-state index is 6.00. The number of nitrogen functional groups attached to an aromatic ring is 1. The van der Waals surface area contributed by atoms with Gasteiger partial charge in [-0.3, -0.25) is 0 Å². The van der Waals surface area contributed by atoms with E-state index in [1.807, 2.05) is 18.2 Å². The third-order valence-electron chi connectivity index (χ3n) is 3.43. The third-order valence-corrected chi connectivity index (χ3v) is 3.43. The van der Waals surface area contributed by atoms with Crippen LogP contribution in [0.15, 0.2) is 54.7 Å². The largest absolute Gasteiger partial charge is 0.398 e. The summed E-state index contributed by atoms with van der Waals surface area (Å²) in [6, 6.07) is 16.6. The molecule has 2 aromatic carbocycles. The zero-order valence-electron chi connectivity index (χ0n) is 10.4. The average Bonchev–Trinajstić information content (AvgIpc) is 2.77. The maximum Gasteiger partial charge on any atom is 0.0496 e. The van der Waals surface area contributed by atoms with E-state index in [1.165, 1.54) is 16.5 Å². The summed E-state index contributed by atoms with van der Waals surface area (Å²) in [7, 11) is 0. The molecular formula is C16H16N2. The van der Waals surface area contributed by atoms with Crippen LogP contribution in [-0.4, -0.2) is 4.57 Å². The van der Waals surface area contributed by atoms with Gasteiger partial charge in [0.15, 0.2) is 0 Å². The smallest absolute Gasteiger partial charge is 0.0496 e. The first-order chi connectivity index (χ1) is 8.75. The van der Waals surface area contributed by atoms with E-state index >= 15 is 0 Å². The van der Waals surface area contributed by atoms with E-state index < -0.39 is 0 Å². The van der Waals surface area contributed by atoms with Gasteiger partial charge < -0.3 is 10.3 Å². The van der Waals surface area contributed by atoms with Crippen molar-refractivity contribution >= 4 is 16.6 Å². The molecule has 0 unspecified atom stereocenters. The average molecular weight is 236 g/mol. The molecule has 0 amide bonds. The normalized spacial score (nSPS) is 10.9. The number of fused-ring (bicyclic) bond motifs is 1. The SMILES string of the molecule is Cc1cccc2c1ccn2Cc1ccccc1N. The molecule has 1 aromatic heterocycles. The maximum atomic E-state index is 6.00. The van der Waals surface area contributed by atoms with Gasteiger partial charge in [0, 0.05) is 29.3 Å². The van der Waals surface area contributed by atoms with E-state index in [-0.39, 0.29) is 0 Å². The minimum absolute atomic E-state index is 0.819. The lowest BCUT2D eigenvalue weighted by molar-refractivity contribution is 0.839. The summed E-state index contributed by atoms with van der Waals surface area (Å²) in [6.45, 7) is 2.96. The van der Waals surface area contributed by atoms with Crippen molar-refractivity contribution < 1.29 is 0 Å². The van der Waals surface area contributed by atoms with Crippen LogP contribution >= 0.6 is 0 Å². The van der Waals surface area contributed by atoms with Crippen molar-refractivity contribution in [3.8, 4) is 0 Å². The molecule has 0 radical (unpaired) electrons. The second kappa shape index (κ2) is 4.22. The Morgan fingerprint density at radius 1 is 1.00 bits per heavy atom. The topological polar surface area (TPSA) is 30.9 Å². The van der Waals surface area contributed by atoms with Crippen molar-refractivity contribution in [2.75, 3.05) is 5.73 Å². The molecule has 0 fully saturated rings. The van der Waals surface area contributed by atoms with Crippen molar-refractivity contribution in [3.05, 3.63) is 65.9 Å². The Balaban J connectivity index is 2.06. The molecule has 0 bridgehead atoms. The standard InChI is InChI=1S/C16H16N2/c1-12-5-4-8-16-14(12)9-10-18(16)11-13-6-2-3-7-15(13)17/h2-10H,11,17H2,1H3. The highest BCUT2D eigenvalue weighted by molar-refractivity contribution is 5.83. The molecule has 2 heteroatoms. The highest BCUT2D eigenvalue weighted by Crippen LogP contribution is 2.21. The number of nitrogens with zero attached hydrogens (tertiary/aromatic N) is 1. The fourth-order valence-corrected chi connectivity index (χ4v) is 2.38. The zero-order valence-corrected chi connectivity index (χ0v) is 10.4. The molecule has 2 N–H and O–H groups in total. The van der Waals surface area contributed by atoms with E-state index in [4.69, 9.17) is 5.73 Å². The van der Waals surface area contributed by atoms with Crippen molar-refractivity contribution in [2.45, 2.75) is 13.5 Å². The number of para-hydroxylation sites is 1. The molecule has 0 saturated heterocycles. The van der Waals surface area contributed by atoms with Gasteiger partial charge >= 0.3 is 0 Å². The number of aryl methyl sites for hydroxylation is 1. The number of anilines is 1. The Bertz CT molecular complexity index is 695.